The third kappa shape index (κ3) is 2.21. The van der Waals surface area contributed by atoms with Gasteiger partial charge in [0.05, 0.1) is 11.8 Å². The lowest BCUT2D eigenvalue weighted by Gasteiger charge is -2.22. The number of anilines is 2. The predicted molar refractivity (Wildman–Crippen MR) is 79.7 cm³/mol. The van der Waals surface area contributed by atoms with E-state index in [9.17, 15) is 15.0 Å². The molecule has 1 fully saturated rings. The van der Waals surface area contributed by atoms with Gasteiger partial charge in [-0.3, -0.25) is 4.79 Å². The summed E-state index contributed by atoms with van der Waals surface area (Å²) in [6.45, 7) is 3.50. The zero-order valence-electron chi connectivity index (χ0n) is 11.1. The number of halogens is 1. The van der Waals surface area contributed by atoms with Crippen molar-refractivity contribution in [3.63, 3.8) is 0 Å². The van der Waals surface area contributed by atoms with Crippen LogP contribution in [0.25, 0.3) is 0 Å². The Bertz CT molecular complexity index is 562. The van der Waals surface area contributed by atoms with Gasteiger partial charge in [-0.05, 0) is 41.4 Å². The maximum atomic E-state index is 11.5. The summed E-state index contributed by atoms with van der Waals surface area (Å²) in [5.74, 6) is -0.109. The van der Waals surface area contributed by atoms with Crippen LogP contribution in [0.4, 0.5) is 11.4 Å². The molecule has 3 rings (SSSR count). The van der Waals surface area contributed by atoms with E-state index in [0.717, 1.165) is 29.7 Å². The highest BCUT2D eigenvalue weighted by atomic mass is 79.9. The summed E-state index contributed by atoms with van der Waals surface area (Å²) in [5.41, 5.74) is 2.26. The molecule has 0 radical (unpaired) electrons. The van der Waals surface area contributed by atoms with E-state index in [-0.39, 0.29) is 17.9 Å². The third-order valence-electron chi connectivity index (χ3n) is 4.17. The van der Waals surface area contributed by atoms with Crippen molar-refractivity contribution in [2.24, 2.45) is 5.92 Å². The molecule has 3 atom stereocenters. The summed E-state index contributed by atoms with van der Waals surface area (Å²) in [4.78, 5) is 13.7. The molecule has 1 aromatic carbocycles. The van der Waals surface area contributed by atoms with Gasteiger partial charge in [0.25, 0.3) is 5.91 Å². The maximum absolute atomic E-state index is 11.5. The molecule has 108 valence electrons. The summed E-state index contributed by atoms with van der Waals surface area (Å²) < 4.78 is 0.859. The van der Waals surface area contributed by atoms with Gasteiger partial charge in [0.15, 0.2) is 6.10 Å². The molecule has 20 heavy (non-hydrogen) atoms. The zero-order valence-corrected chi connectivity index (χ0v) is 12.7. The van der Waals surface area contributed by atoms with E-state index >= 15 is 0 Å². The van der Waals surface area contributed by atoms with Crippen molar-refractivity contribution in [1.82, 2.24) is 0 Å². The third-order valence-corrected chi connectivity index (χ3v) is 4.80. The summed E-state index contributed by atoms with van der Waals surface area (Å²) in [6.07, 6.45) is -0.440. The van der Waals surface area contributed by atoms with Crippen molar-refractivity contribution < 1.29 is 15.0 Å². The number of amides is 1. The monoisotopic (exact) mass is 340 g/mol. The molecular formula is C14H17BrN2O3. The first kappa shape index (κ1) is 13.9. The van der Waals surface area contributed by atoms with Gasteiger partial charge >= 0.3 is 0 Å². The highest BCUT2D eigenvalue weighted by molar-refractivity contribution is 9.10. The van der Waals surface area contributed by atoms with Crippen molar-refractivity contribution in [3.8, 4) is 0 Å². The quantitative estimate of drug-likeness (QED) is 0.765. The largest absolute Gasteiger partial charge is 0.393 e. The fourth-order valence-electron chi connectivity index (χ4n) is 2.90. The summed E-state index contributed by atoms with van der Waals surface area (Å²) in [5, 5.41) is 22.1. The second kappa shape index (κ2) is 5.02. The maximum Gasteiger partial charge on any atom is 0.257 e. The van der Waals surface area contributed by atoms with Crippen LogP contribution in [0.15, 0.2) is 16.6 Å². The topological polar surface area (TPSA) is 72.8 Å². The van der Waals surface area contributed by atoms with Crippen LogP contribution < -0.4 is 10.2 Å². The normalized spacial score (nSPS) is 26.6. The molecule has 0 aliphatic carbocycles. The smallest absolute Gasteiger partial charge is 0.257 e. The van der Waals surface area contributed by atoms with E-state index in [4.69, 9.17) is 0 Å². The molecule has 1 amide bonds. The molecule has 6 heteroatoms. The number of fused-ring (bicyclic) bond motifs is 1. The standard InChI is InChI=1S/C14H17BrN2O3/c1-7(18)8-2-3-17(6-8)12-5-11-9(4-10(12)15)13(19)14(20)16-11/h4-5,7-8,13,18-19H,2-3,6H2,1H3,(H,16,20). The van der Waals surface area contributed by atoms with Gasteiger partial charge in [0, 0.05) is 34.7 Å². The average molecular weight is 341 g/mol. The first-order valence-corrected chi connectivity index (χ1v) is 7.52. The fraction of sp³-hybridized carbons (Fsp3) is 0.500. The summed E-state index contributed by atoms with van der Waals surface area (Å²) in [6, 6.07) is 3.68. The van der Waals surface area contributed by atoms with Crippen molar-refractivity contribution in [2.45, 2.75) is 25.6 Å². The number of carbonyl (C=O) groups is 1. The van der Waals surface area contributed by atoms with Crippen LogP contribution >= 0.6 is 15.9 Å². The van der Waals surface area contributed by atoms with Gasteiger partial charge in [-0.15, -0.1) is 0 Å². The lowest BCUT2D eigenvalue weighted by atomic mass is 10.0. The Labute approximate surface area is 125 Å². The number of hydrogen-bond acceptors (Lipinski definition) is 4. The van der Waals surface area contributed by atoms with Gasteiger partial charge in [-0.25, -0.2) is 0 Å². The van der Waals surface area contributed by atoms with Gasteiger partial charge in [-0.1, -0.05) is 0 Å². The number of benzene rings is 1. The lowest BCUT2D eigenvalue weighted by molar-refractivity contribution is -0.123. The Morgan fingerprint density at radius 3 is 2.90 bits per heavy atom. The van der Waals surface area contributed by atoms with Gasteiger partial charge in [0.1, 0.15) is 0 Å². The number of nitrogens with zero attached hydrogens (tertiary/aromatic N) is 1. The molecule has 0 spiro atoms. The van der Waals surface area contributed by atoms with Crippen LogP contribution in [-0.2, 0) is 4.79 Å². The number of aliphatic hydroxyl groups excluding tert-OH is 2. The van der Waals surface area contributed by atoms with E-state index in [1.54, 1.807) is 6.07 Å². The van der Waals surface area contributed by atoms with E-state index in [1.807, 2.05) is 13.0 Å². The second-order valence-electron chi connectivity index (χ2n) is 5.52. The number of carbonyl (C=O) groups excluding carboxylic acids is 1. The van der Waals surface area contributed by atoms with E-state index < -0.39 is 6.10 Å². The van der Waals surface area contributed by atoms with Crippen LogP contribution in [0.5, 0.6) is 0 Å². The van der Waals surface area contributed by atoms with Crippen molar-refractivity contribution in [1.29, 1.82) is 0 Å². The van der Waals surface area contributed by atoms with E-state index in [2.05, 4.69) is 26.1 Å². The molecule has 2 aliphatic rings. The number of rotatable bonds is 2. The number of hydrogen-bond donors (Lipinski definition) is 3. The van der Waals surface area contributed by atoms with Crippen LogP contribution in [-0.4, -0.2) is 35.3 Å². The molecule has 2 heterocycles. The minimum absolute atomic E-state index is 0.273. The Balaban J connectivity index is 1.89. The van der Waals surface area contributed by atoms with Crippen LogP contribution in [0.1, 0.15) is 25.0 Å². The van der Waals surface area contributed by atoms with Crippen LogP contribution in [0, 0.1) is 5.92 Å². The first-order valence-electron chi connectivity index (χ1n) is 6.72. The second-order valence-corrected chi connectivity index (χ2v) is 6.37. The predicted octanol–water partition coefficient (Wildman–Crippen LogP) is 1.64. The molecule has 5 nitrogen and oxygen atoms in total. The van der Waals surface area contributed by atoms with E-state index in [0.29, 0.717) is 11.3 Å². The van der Waals surface area contributed by atoms with Crippen molar-refractivity contribution in [3.05, 3.63) is 22.2 Å². The molecule has 3 unspecified atom stereocenters. The average Bonchev–Trinajstić information content (AvgIpc) is 2.97. The molecule has 0 bridgehead atoms. The molecule has 1 saturated heterocycles. The summed E-state index contributed by atoms with van der Waals surface area (Å²) >= 11 is 3.51. The number of aliphatic hydroxyl groups is 2. The minimum atomic E-state index is -1.08. The SMILES string of the molecule is CC(O)C1CCN(c2cc3c(cc2Br)C(O)C(=O)N3)C1. The Morgan fingerprint density at radius 1 is 1.50 bits per heavy atom. The first-order chi connectivity index (χ1) is 9.47. The highest BCUT2D eigenvalue weighted by Crippen LogP contribution is 2.40. The van der Waals surface area contributed by atoms with Gasteiger partial charge in [-0.2, -0.15) is 0 Å². The summed E-state index contributed by atoms with van der Waals surface area (Å²) in [7, 11) is 0. The number of nitrogens with one attached hydrogen (secondary N) is 1. The van der Waals surface area contributed by atoms with Crippen molar-refractivity contribution >= 4 is 33.2 Å². The molecule has 2 aliphatic heterocycles. The fourth-order valence-corrected chi connectivity index (χ4v) is 3.51. The van der Waals surface area contributed by atoms with E-state index in [1.165, 1.54) is 0 Å². The highest BCUT2D eigenvalue weighted by Gasteiger charge is 2.32. The zero-order chi connectivity index (χ0) is 14.4. The minimum Gasteiger partial charge on any atom is -0.393 e. The van der Waals surface area contributed by atoms with Crippen LogP contribution in [0.3, 0.4) is 0 Å². The van der Waals surface area contributed by atoms with Crippen molar-refractivity contribution in [2.75, 3.05) is 23.3 Å². The Morgan fingerprint density at radius 2 is 2.25 bits per heavy atom. The molecule has 3 N–H and O–H groups in total. The Hall–Kier alpha value is -1.11. The molecular weight excluding hydrogens is 324 g/mol. The lowest BCUT2D eigenvalue weighted by Crippen LogP contribution is -2.24. The molecule has 0 aromatic heterocycles. The molecule has 0 saturated carbocycles. The van der Waals surface area contributed by atoms with Gasteiger partial charge in [0.2, 0.25) is 0 Å². The Kier molecular flexibility index (Phi) is 3.48. The van der Waals surface area contributed by atoms with Crippen LogP contribution in [0.2, 0.25) is 0 Å². The van der Waals surface area contributed by atoms with Gasteiger partial charge < -0.3 is 20.4 Å². The molecule has 1 aromatic rings.